The molecular weight excluding hydrogens is 466 g/mol. The Balaban J connectivity index is 2.06. The van der Waals surface area contributed by atoms with E-state index in [0.29, 0.717) is 31.7 Å². The van der Waals surface area contributed by atoms with Crippen LogP contribution in [0.2, 0.25) is 0 Å². The van der Waals surface area contributed by atoms with E-state index in [2.05, 4.69) is 12.2 Å². The molecule has 0 bridgehead atoms. The van der Waals surface area contributed by atoms with Crippen molar-refractivity contribution in [3.63, 3.8) is 0 Å². The first-order valence-corrected chi connectivity index (χ1v) is 12.2. The lowest BCUT2D eigenvalue weighted by molar-refractivity contribution is -0.157. The highest BCUT2D eigenvalue weighted by Gasteiger charge is 2.34. The third kappa shape index (κ3) is 8.66. The summed E-state index contributed by atoms with van der Waals surface area (Å²) < 4.78 is 38.0. The monoisotopic (exact) mass is 502 g/mol. The first-order valence-electron chi connectivity index (χ1n) is 12.2. The average Bonchev–Trinajstić information content (AvgIpc) is 2.87. The second-order valence-corrected chi connectivity index (χ2v) is 8.69. The summed E-state index contributed by atoms with van der Waals surface area (Å²) in [6, 6.07) is 9.85. The number of anilines is 1. The molecule has 36 heavy (non-hydrogen) atoms. The number of benzene rings is 2. The molecule has 1 unspecified atom stereocenters. The fourth-order valence-corrected chi connectivity index (χ4v) is 3.42. The van der Waals surface area contributed by atoms with E-state index in [1.54, 1.807) is 24.0 Å². The van der Waals surface area contributed by atoms with E-state index in [9.17, 15) is 18.4 Å². The summed E-state index contributed by atoms with van der Waals surface area (Å²) in [5.41, 5.74) is -0.197. The summed E-state index contributed by atoms with van der Waals surface area (Å²) in [6.45, 7) is 6.37. The number of amides is 2. The van der Waals surface area contributed by atoms with Gasteiger partial charge in [0, 0.05) is 19.2 Å². The van der Waals surface area contributed by atoms with Crippen molar-refractivity contribution in [1.82, 2.24) is 4.90 Å². The third-order valence-electron chi connectivity index (χ3n) is 5.91. The minimum atomic E-state index is -1.08. The summed E-state index contributed by atoms with van der Waals surface area (Å²) >= 11 is 0. The molecule has 0 radical (unpaired) electrons. The van der Waals surface area contributed by atoms with E-state index >= 15 is 0 Å². The fourth-order valence-electron chi connectivity index (χ4n) is 3.42. The number of ether oxygens (including phenoxy) is 2. The van der Waals surface area contributed by atoms with Gasteiger partial charge in [0.05, 0.1) is 12.8 Å². The number of rotatable bonds is 13. The van der Waals surface area contributed by atoms with Gasteiger partial charge in [-0.25, -0.2) is 18.4 Å². The maximum atomic E-state index is 14.0. The van der Waals surface area contributed by atoms with Gasteiger partial charge in [0.1, 0.15) is 17.4 Å². The van der Waals surface area contributed by atoms with Gasteiger partial charge >= 0.3 is 12.0 Å². The van der Waals surface area contributed by atoms with Crippen molar-refractivity contribution in [2.45, 2.75) is 58.5 Å². The number of carbonyl (C=O) groups excluding carboxylic acids is 2. The molecule has 0 fully saturated rings. The zero-order valence-electron chi connectivity index (χ0n) is 21.5. The van der Waals surface area contributed by atoms with Crippen molar-refractivity contribution < 1.29 is 27.8 Å². The molecule has 1 atom stereocenters. The lowest BCUT2D eigenvalue weighted by atomic mass is 10.0. The number of urea groups is 1. The Morgan fingerprint density at radius 3 is 2.42 bits per heavy atom. The summed E-state index contributed by atoms with van der Waals surface area (Å²) in [5, 5.41) is 2.53. The Kier molecular flexibility index (Phi) is 11.4. The minimum Gasteiger partial charge on any atom is -0.476 e. The minimum absolute atomic E-state index is 0.0764. The number of hydrogen-bond acceptors (Lipinski definition) is 4. The highest BCUT2D eigenvalue weighted by Crippen LogP contribution is 2.23. The smallest absolute Gasteiger partial charge is 0.349 e. The van der Waals surface area contributed by atoms with Gasteiger partial charge in [-0.05, 0) is 56.0 Å². The van der Waals surface area contributed by atoms with Crippen LogP contribution in [-0.4, -0.2) is 42.7 Å². The Hall–Kier alpha value is -3.42. The van der Waals surface area contributed by atoms with Gasteiger partial charge in [-0.1, -0.05) is 51.0 Å². The molecule has 0 aromatic heterocycles. The summed E-state index contributed by atoms with van der Waals surface area (Å²) in [6.07, 6.45) is 8.00. The Morgan fingerprint density at radius 2 is 1.81 bits per heavy atom. The molecule has 196 valence electrons. The van der Waals surface area contributed by atoms with Crippen molar-refractivity contribution in [2.24, 2.45) is 0 Å². The van der Waals surface area contributed by atoms with Gasteiger partial charge in [0.2, 0.25) is 5.60 Å². The number of unbranched alkanes of at least 4 members (excludes halogenated alkanes) is 2. The predicted octanol–water partition coefficient (Wildman–Crippen LogP) is 6.51. The first-order chi connectivity index (χ1) is 17.2. The number of methoxy groups -OCH3 is 1. The summed E-state index contributed by atoms with van der Waals surface area (Å²) in [4.78, 5) is 26.5. The van der Waals surface area contributed by atoms with Crippen LogP contribution in [0.5, 0.6) is 5.75 Å². The van der Waals surface area contributed by atoms with Crippen molar-refractivity contribution in [3.8, 4) is 5.75 Å². The number of allylic oxidation sites excluding steroid dienone is 1. The summed E-state index contributed by atoms with van der Waals surface area (Å²) in [7, 11) is 1.33. The number of nitrogens with zero attached hydrogens (tertiary/aromatic N) is 1. The molecule has 0 heterocycles. The van der Waals surface area contributed by atoms with Crippen LogP contribution in [0.4, 0.5) is 19.3 Å². The van der Waals surface area contributed by atoms with E-state index in [0.717, 1.165) is 37.0 Å². The normalized spacial score (nSPS) is 12.7. The highest BCUT2D eigenvalue weighted by atomic mass is 19.1. The molecule has 1 N–H and O–H groups in total. The zero-order valence-corrected chi connectivity index (χ0v) is 21.5. The average molecular weight is 503 g/mol. The predicted molar refractivity (Wildman–Crippen MR) is 137 cm³/mol. The SMILES string of the molecule is CCCCC=CCN(CCc1ccc(OC(C)(CC)C(=O)OC)cc1)C(=O)Nc1ccc(F)cc1F. The molecule has 2 amide bonds. The standard InChI is InChI=1S/C28H36F2N2O4/c1-5-7-8-9-10-18-32(27(34)31-25-16-13-22(29)20-24(25)30)19-17-21-11-14-23(15-12-21)36-28(3,6-2)26(33)35-4/h9-16,20H,5-8,17-19H2,1-4H3,(H,31,34). The molecule has 0 aliphatic rings. The van der Waals surface area contributed by atoms with Crippen LogP contribution in [0.25, 0.3) is 0 Å². The van der Waals surface area contributed by atoms with Crippen LogP contribution in [0.3, 0.4) is 0 Å². The highest BCUT2D eigenvalue weighted by molar-refractivity contribution is 5.89. The van der Waals surface area contributed by atoms with Crippen molar-refractivity contribution >= 4 is 17.7 Å². The second-order valence-electron chi connectivity index (χ2n) is 8.69. The van der Waals surface area contributed by atoms with Crippen molar-refractivity contribution in [2.75, 3.05) is 25.5 Å². The van der Waals surface area contributed by atoms with Gasteiger partial charge in [-0.15, -0.1) is 0 Å². The largest absolute Gasteiger partial charge is 0.476 e. The van der Waals surface area contributed by atoms with Crippen LogP contribution < -0.4 is 10.1 Å². The van der Waals surface area contributed by atoms with Gasteiger partial charge in [0.25, 0.3) is 0 Å². The third-order valence-corrected chi connectivity index (χ3v) is 5.91. The molecule has 0 spiro atoms. The van der Waals surface area contributed by atoms with Crippen molar-refractivity contribution in [1.29, 1.82) is 0 Å². The fraction of sp³-hybridized carbons (Fsp3) is 0.429. The molecule has 2 rings (SSSR count). The zero-order chi connectivity index (χ0) is 26.6. The number of carbonyl (C=O) groups is 2. The van der Waals surface area contributed by atoms with Gasteiger partial charge in [-0.3, -0.25) is 0 Å². The van der Waals surface area contributed by atoms with Gasteiger partial charge in [-0.2, -0.15) is 0 Å². The van der Waals surface area contributed by atoms with Crippen LogP contribution in [-0.2, 0) is 16.0 Å². The Morgan fingerprint density at radius 1 is 1.08 bits per heavy atom. The quantitative estimate of drug-likeness (QED) is 0.193. The Labute approximate surface area is 212 Å². The maximum absolute atomic E-state index is 14.0. The van der Waals surface area contributed by atoms with Crippen LogP contribution >= 0.6 is 0 Å². The van der Waals surface area contributed by atoms with Gasteiger partial charge < -0.3 is 19.7 Å². The molecule has 2 aromatic carbocycles. The first kappa shape index (κ1) is 28.8. The van der Waals surface area contributed by atoms with E-state index < -0.39 is 29.2 Å². The van der Waals surface area contributed by atoms with Crippen LogP contribution in [0, 0.1) is 11.6 Å². The molecule has 6 nitrogen and oxygen atoms in total. The number of nitrogens with one attached hydrogen (secondary N) is 1. The molecule has 8 heteroatoms. The number of halogens is 2. The van der Waals surface area contributed by atoms with Crippen LogP contribution in [0.15, 0.2) is 54.6 Å². The lowest BCUT2D eigenvalue weighted by Crippen LogP contribution is -2.41. The Bertz CT molecular complexity index is 1030. The van der Waals surface area contributed by atoms with E-state index in [4.69, 9.17) is 9.47 Å². The molecule has 0 aliphatic carbocycles. The molecule has 0 aliphatic heterocycles. The molecular formula is C28H36F2N2O4. The molecule has 0 saturated heterocycles. The van der Waals surface area contributed by atoms with E-state index in [1.807, 2.05) is 31.2 Å². The maximum Gasteiger partial charge on any atom is 0.349 e. The molecule has 2 aromatic rings. The van der Waals surface area contributed by atoms with Gasteiger partial charge in [0.15, 0.2) is 0 Å². The van der Waals surface area contributed by atoms with E-state index in [-0.39, 0.29) is 5.69 Å². The van der Waals surface area contributed by atoms with Crippen LogP contribution in [0.1, 0.15) is 52.0 Å². The molecule has 0 saturated carbocycles. The number of esters is 1. The summed E-state index contributed by atoms with van der Waals surface area (Å²) in [5.74, 6) is -1.45. The lowest BCUT2D eigenvalue weighted by Gasteiger charge is -2.26. The number of hydrogen-bond donors (Lipinski definition) is 1. The topological polar surface area (TPSA) is 67.9 Å². The van der Waals surface area contributed by atoms with Crippen molar-refractivity contribution in [3.05, 3.63) is 71.8 Å². The second kappa shape index (κ2) is 14.2. The van der Waals surface area contributed by atoms with E-state index in [1.165, 1.54) is 13.2 Å².